The number of rotatable bonds is 4. The molecule has 1 aliphatic heterocycles. The molecule has 1 aliphatic rings. The lowest BCUT2D eigenvalue weighted by Gasteiger charge is -2.19. The highest BCUT2D eigenvalue weighted by Crippen LogP contribution is 2.28. The van der Waals surface area contributed by atoms with E-state index in [4.69, 9.17) is 5.11 Å². The maximum Gasteiger partial charge on any atom is 0.251 e. The normalized spacial score (nSPS) is 16.3. The number of anilines is 1. The number of amides is 2. The van der Waals surface area contributed by atoms with Crippen LogP contribution in [-0.4, -0.2) is 36.1 Å². The van der Waals surface area contributed by atoms with Crippen molar-refractivity contribution in [3.8, 4) is 0 Å². The molecule has 0 aromatic heterocycles. The van der Waals surface area contributed by atoms with Crippen molar-refractivity contribution in [1.29, 1.82) is 0 Å². The van der Waals surface area contributed by atoms with Crippen LogP contribution in [0.1, 0.15) is 36.7 Å². The number of nitrogens with one attached hydrogen (secondary N) is 1. The zero-order valence-electron chi connectivity index (χ0n) is 12.7. The van der Waals surface area contributed by atoms with Gasteiger partial charge >= 0.3 is 0 Å². The summed E-state index contributed by atoms with van der Waals surface area (Å²) in [5.74, 6) is -0.111. The summed E-state index contributed by atoms with van der Waals surface area (Å²) >= 11 is 0. The van der Waals surface area contributed by atoms with E-state index in [-0.39, 0.29) is 30.4 Å². The number of hydrogen-bond donors (Lipinski definition) is 2. The first-order valence-electron chi connectivity index (χ1n) is 7.26. The van der Waals surface area contributed by atoms with Crippen molar-refractivity contribution in [3.05, 3.63) is 29.3 Å². The van der Waals surface area contributed by atoms with Gasteiger partial charge < -0.3 is 15.3 Å². The van der Waals surface area contributed by atoms with Crippen molar-refractivity contribution >= 4 is 17.5 Å². The highest BCUT2D eigenvalue weighted by Gasteiger charge is 2.23. The van der Waals surface area contributed by atoms with Crippen molar-refractivity contribution in [3.63, 3.8) is 0 Å². The van der Waals surface area contributed by atoms with Crippen molar-refractivity contribution in [2.24, 2.45) is 5.92 Å². The fourth-order valence-corrected chi connectivity index (χ4v) is 2.46. The van der Waals surface area contributed by atoms with Gasteiger partial charge in [0.2, 0.25) is 5.91 Å². The van der Waals surface area contributed by atoms with Gasteiger partial charge in [-0.05, 0) is 43.0 Å². The van der Waals surface area contributed by atoms with Crippen LogP contribution in [0, 0.1) is 5.92 Å². The Morgan fingerprint density at radius 2 is 2.10 bits per heavy atom. The third-order valence-electron chi connectivity index (χ3n) is 4.12. The fourth-order valence-electron chi connectivity index (χ4n) is 2.46. The number of carbonyl (C=O) groups is 2. The molecule has 2 rings (SSSR count). The molecule has 0 spiro atoms. The zero-order valence-corrected chi connectivity index (χ0v) is 12.7. The average Bonchev–Trinajstić information content (AvgIpc) is 2.89. The average molecular weight is 290 g/mol. The van der Waals surface area contributed by atoms with Gasteiger partial charge in [0, 0.05) is 37.4 Å². The Labute approximate surface area is 125 Å². The van der Waals surface area contributed by atoms with Gasteiger partial charge in [0.15, 0.2) is 0 Å². The molecule has 5 nitrogen and oxygen atoms in total. The van der Waals surface area contributed by atoms with Crippen molar-refractivity contribution in [2.75, 3.05) is 18.1 Å². The topological polar surface area (TPSA) is 69.6 Å². The predicted octanol–water partition coefficient (Wildman–Crippen LogP) is 1.34. The highest BCUT2D eigenvalue weighted by molar-refractivity contribution is 5.97. The maximum atomic E-state index is 12.2. The molecule has 2 amide bonds. The molecule has 5 heteroatoms. The number of nitrogens with zero attached hydrogens (tertiary/aromatic N) is 1. The summed E-state index contributed by atoms with van der Waals surface area (Å²) in [4.78, 5) is 25.5. The van der Waals surface area contributed by atoms with E-state index in [1.54, 1.807) is 17.9 Å². The Morgan fingerprint density at radius 1 is 1.38 bits per heavy atom. The lowest BCUT2D eigenvalue weighted by Crippen LogP contribution is -2.38. The lowest BCUT2D eigenvalue weighted by molar-refractivity contribution is -0.116. The Morgan fingerprint density at radius 3 is 2.71 bits per heavy atom. The van der Waals surface area contributed by atoms with Crippen LogP contribution in [-0.2, 0) is 11.2 Å². The van der Waals surface area contributed by atoms with Crippen LogP contribution in [0.25, 0.3) is 0 Å². The summed E-state index contributed by atoms with van der Waals surface area (Å²) in [6.07, 6.45) is 0.776. The van der Waals surface area contributed by atoms with E-state index in [2.05, 4.69) is 5.32 Å². The van der Waals surface area contributed by atoms with Crippen LogP contribution in [0.4, 0.5) is 5.69 Å². The van der Waals surface area contributed by atoms with Gasteiger partial charge in [-0.15, -0.1) is 0 Å². The summed E-state index contributed by atoms with van der Waals surface area (Å²) in [5.41, 5.74) is 2.52. The molecule has 0 saturated heterocycles. The number of fused-ring (bicyclic) bond motifs is 1. The summed E-state index contributed by atoms with van der Waals surface area (Å²) in [6, 6.07) is 5.33. The Hall–Kier alpha value is -1.88. The van der Waals surface area contributed by atoms with Crippen LogP contribution in [0.5, 0.6) is 0 Å². The predicted molar refractivity (Wildman–Crippen MR) is 81.4 cm³/mol. The van der Waals surface area contributed by atoms with Gasteiger partial charge in [0.1, 0.15) is 0 Å². The molecule has 1 heterocycles. The second-order valence-corrected chi connectivity index (χ2v) is 5.69. The molecule has 0 fully saturated rings. The first-order chi connectivity index (χ1) is 9.93. The number of hydrogen-bond acceptors (Lipinski definition) is 3. The molecule has 0 aliphatic carbocycles. The van der Waals surface area contributed by atoms with E-state index in [0.29, 0.717) is 12.1 Å². The summed E-state index contributed by atoms with van der Waals surface area (Å²) in [5, 5.41) is 12.0. The van der Waals surface area contributed by atoms with Gasteiger partial charge in [-0.3, -0.25) is 9.59 Å². The van der Waals surface area contributed by atoms with E-state index >= 15 is 0 Å². The Kier molecular flexibility index (Phi) is 4.63. The van der Waals surface area contributed by atoms with Crippen molar-refractivity contribution < 1.29 is 14.7 Å². The number of benzene rings is 1. The molecule has 0 saturated carbocycles. The maximum absolute atomic E-state index is 12.2. The van der Waals surface area contributed by atoms with Crippen LogP contribution < -0.4 is 10.2 Å². The Balaban J connectivity index is 2.13. The van der Waals surface area contributed by atoms with Crippen molar-refractivity contribution in [2.45, 2.75) is 33.2 Å². The monoisotopic (exact) mass is 290 g/mol. The summed E-state index contributed by atoms with van der Waals surface area (Å²) < 4.78 is 0. The standard InChI is InChI=1S/C16H22N2O3/c1-10(9-19)11(2)17-16(21)14-4-5-15-13(8-14)6-7-18(15)12(3)20/h4-5,8,10-11,19H,6-7,9H2,1-3H3,(H,17,21). The quantitative estimate of drug-likeness (QED) is 0.879. The van der Waals surface area contributed by atoms with E-state index in [1.807, 2.05) is 26.0 Å². The Bertz CT molecular complexity index is 556. The molecule has 0 bridgehead atoms. The molecule has 1 aromatic carbocycles. The van der Waals surface area contributed by atoms with Crippen LogP contribution >= 0.6 is 0 Å². The third kappa shape index (κ3) is 3.24. The molecule has 0 radical (unpaired) electrons. The summed E-state index contributed by atoms with van der Waals surface area (Å²) in [7, 11) is 0. The van der Waals surface area contributed by atoms with Crippen molar-refractivity contribution in [1.82, 2.24) is 5.32 Å². The first-order valence-corrected chi connectivity index (χ1v) is 7.26. The van der Waals surface area contributed by atoms with E-state index in [9.17, 15) is 9.59 Å². The van der Waals surface area contributed by atoms with Gasteiger partial charge in [0.05, 0.1) is 0 Å². The molecule has 2 atom stereocenters. The third-order valence-corrected chi connectivity index (χ3v) is 4.12. The number of aliphatic hydroxyl groups excluding tert-OH is 1. The first kappa shape index (κ1) is 15.5. The summed E-state index contributed by atoms with van der Waals surface area (Å²) in [6.45, 7) is 6.03. The zero-order chi connectivity index (χ0) is 15.6. The van der Waals surface area contributed by atoms with Gasteiger partial charge in [-0.2, -0.15) is 0 Å². The van der Waals surface area contributed by atoms with Crippen LogP contribution in [0.3, 0.4) is 0 Å². The number of aliphatic hydroxyl groups is 1. The molecular weight excluding hydrogens is 268 g/mol. The van der Waals surface area contributed by atoms with Gasteiger partial charge in [-0.25, -0.2) is 0 Å². The van der Waals surface area contributed by atoms with Crippen LogP contribution in [0.2, 0.25) is 0 Å². The van der Waals surface area contributed by atoms with E-state index in [0.717, 1.165) is 17.7 Å². The van der Waals surface area contributed by atoms with Gasteiger partial charge in [0.25, 0.3) is 5.91 Å². The van der Waals surface area contributed by atoms with Crippen LogP contribution in [0.15, 0.2) is 18.2 Å². The van der Waals surface area contributed by atoms with E-state index < -0.39 is 0 Å². The van der Waals surface area contributed by atoms with E-state index in [1.165, 1.54) is 0 Å². The molecular formula is C16H22N2O3. The molecule has 21 heavy (non-hydrogen) atoms. The molecule has 2 N–H and O–H groups in total. The lowest BCUT2D eigenvalue weighted by atomic mass is 10.0. The molecule has 114 valence electrons. The largest absolute Gasteiger partial charge is 0.396 e. The minimum Gasteiger partial charge on any atom is -0.396 e. The second-order valence-electron chi connectivity index (χ2n) is 5.69. The smallest absolute Gasteiger partial charge is 0.251 e. The SMILES string of the molecule is CC(=O)N1CCc2cc(C(=O)NC(C)C(C)CO)ccc21. The second kappa shape index (κ2) is 6.26. The van der Waals surface area contributed by atoms with Gasteiger partial charge in [-0.1, -0.05) is 6.92 Å². The highest BCUT2D eigenvalue weighted by atomic mass is 16.3. The molecule has 1 aromatic rings. The number of carbonyl (C=O) groups excluding carboxylic acids is 2. The molecule has 2 unspecified atom stereocenters. The minimum atomic E-state index is -0.146. The fraction of sp³-hybridized carbons (Fsp3) is 0.500. The minimum absolute atomic E-state index is 0.0107.